The van der Waals surface area contributed by atoms with E-state index in [9.17, 15) is 4.79 Å². The molecule has 1 atom stereocenters. The Morgan fingerprint density at radius 3 is 2.18 bits per heavy atom. The molecule has 0 bridgehead atoms. The summed E-state index contributed by atoms with van der Waals surface area (Å²) in [7, 11) is 5.64. The van der Waals surface area contributed by atoms with E-state index < -0.39 is 5.91 Å². The molecular formula is C18H22N2O2. The van der Waals surface area contributed by atoms with Gasteiger partial charge in [0.2, 0.25) is 0 Å². The van der Waals surface area contributed by atoms with Crippen molar-refractivity contribution in [1.29, 1.82) is 0 Å². The van der Waals surface area contributed by atoms with Crippen molar-refractivity contribution >= 4 is 5.91 Å². The van der Waals surface area contributed by atoms with E-state index in [1.165, 1.54) is 12.7 Å². The summed E-state index contributed by atoms with van der Waals surface area (Å²) < 4.78 is 5.17. The fourth-order valence-corrected chi connectivity index (χ4v) is 2.33. The Bertz CT molecular complexity index is 663. The number of rotatable bonds is 5. The van der Waals surface area contributed by atoms with Crippen LogP contribution in [0.5, 0.6) is 5.75 Å². The van der Waals surface area contributed by atoms with Gasteiger partial charge in [-0.2, -0.15) is 0 Å². The van der Waals surface area contributed by atoms with Gasteiger partial charge in [-0.15, -0.1) is 0 Å². The smallest absolute Gasteiger partial charge is 0.252 e. The quantitative estimate of drug-likeness (QED) is 0.923. The number of amides is 1. The number of nitrogens with two attached hydrogens (primary N) is 1. The first-order valence-corrected chi connectivity index (χ1v) is 7.18. The van der Waals surface area contributed by atoms with Crippen molar-refractivity contribution in [2.24, 2.45) is 5.73 Å². The first-order chi connectivity index (χ1) is 10.4. The molecule has 0 fully saturated rings. The highest BCUT2D eigenvalue weighted by molar-refractivity contribution is 5.97. The SMILES string of the molecule is COc1ccc(-c2ccc(C(C)N(C)C)cc2)cc1C(N)=O. The molecule has 0 aliphatic carbocycles. The average molecular weight is 298 g/mol. The molecule has 1 amide bonds. The molecule has 22 heavy (non-hydrogen) atoms. The van der Waals surface area contributed by atoms with Gasteiger partial charge in [-0.25, -0.2) is 0 Å². The Kier molecular flexibility index (Phi) is 4.83. The Hall–Kier alpha value is -2.33. The molecule has 116 valence electrons. The van der Waals surface area contributed by atoms with Gasteiger partial charge in [-0.05, 0) is 49.8 Å². The maximum Gasteiger partial charge on any atom is 0.252 e. The van der Waals surface area contributed by atoms with Gasteiger partial charge in [0.05, 0.1) is 12.7 Å². The number of methoxy groups -OCH3 is 1. The Morgan fingerprint density at radius 1 is 1.09 bits per heavy atom. The molecule has 0 spiro atoms. The van der Waals surface area contributed by atoms with E-state index in [0.29, 0.717) is 17.4 Å². The van der Waals surface area contributed by atoms with Crippen LogP contribution >= 0.6 is 0 Å². The number of carbonyl (C=O) groups excluding carboxylic acids is 1. The molecule has 0 heterocycles. The molecule has 0 aromatic heterocycles. The summed E-state index contributed by atoms with van der Waals surface area (Å²) in [6, 6.07) is 14.1. The zero-order valence-corrected chi connectivity index (χ0v) is 13.5. The number of ether oxygens (including phenoxy) is 1. The lowest BCUT2D eigenvalue weighted by Gasteiger charge is -2.20. The fourth-order valence-electron chi connectivity index (χ4n) is 2.33. The molecule has 2 aromatic carbocycles. The molecule has 4 heteroatoms. The molecule has 0 aliphatic rings. The van der Waals surface area contributed by atoms with E-state index in [2.05, 4.69) is 50.2 Å². The van der Waals surface area contributed by atoms with Crippen LogP contribution in [0, 0.1) is 0 Å². The van der Waals surface area contributed by atoms with Crippen LogP contribution < -0.4 is 10.5 Å². The summed E-state index contributed by atoms with van der Waals surface area (Å²) in [6.45, 7) is 2.16. The second kappa shape index (κ2) is 6.62. The van der Waals surface area contributed by atoms with Crippen molar-refractivity contribution in [3.63, 3.8) is 0 Å². The summed E-state index contributed by atoms with van der Waals surface area (Å²) in [5.74, 6) is 0.00523. The van der Waals surface area contributed by atoms with E-state index >= 15 is 0 Å². The van der Waals surface area contributed by atoms with E-state index in [4.69, 9.17) is 10.5 Å². The van der Waals surface area contributed by atoms with Crippen molar-refractivity contribution in [2.75, 3.05) is 21.2 Å². The van der Waals surface area contributed by atoms with Crippen LogP contribution in [0.1, 0.15) is 28.9 Å². The second-order valence-electron chi connectivity index (χ2n) is 5.54. The molecule has 4 nitrogen and oxygen atoms in total. The lowest BCUT2D eigenvalue weighted by atomic mass is 9.99. The van der Waals surface area contributed by atoms with Crippen molar-refractivity contribution < 1.29 is 9.53 Å². The molecule has 0 saturated carbocycles. The van der Waals surface area contributed by atoms with Crippen LogP contribution in [0.15, 0.2) is 42.5 Å². The largest absolute Gasteiger partial charge is 0.496 e. The van der Waals surface area contributed by atoms with Gasteiger partial charge in [0.1, 0.15) is 5.75 Å². The topological polar surface area (TPSA) is 55.6 Å². The minimum Gasteiger partial charge on any atom is -0.496 e. The number of hydrogen-bond acceptors (Lipinski definition) is 3. The predicted molar refractivity (Wildman–Crippen MR) is 89.0 cm³/mol. The summed E-state index contributed by atoms with van der Waals surface area (Å²) in [5.41, 5.74) is 9.04. The van der Waals surface area contributed by atoms with Crippen LogP contribution in [0.2, 0.25) is 0 Å². The minimum absolute atomic E-state index is 0.353. The summed E-state index contributed by atoms with van der Waals surface area (Å²) in [5, 5.41) is 0. The first-order valence-electron chi connectivity index (χ1n) is 7.18. The summed E-state index contributed by atoms with van der Waals surface area (Å²) >= 11 is 0. The van der Waals surface area contributed by atoms with E-state index in [-0.39, 0.29) is 0 Å². The second-order valence-corrected chi connectivity index (χ2v) is 5.54. The van der Waals surface area contributed by atoms with E-state index in [1.807, 2.05) is 6.07 Å². The molecule has 2 N–H and O–H groups in total. The van der Waals surface area contributed by atoms with E-state index in [0.717, 1.165) is 11.1 Å². The highest BCUT2D eigenvalue weighted by Gasteiger charge is 2.12. The van der Waals surface area contributed by atoms with Gasteiger partial charge in [0, 0.05) is 6.04 Å². The molecule has 2 aromatic rings. The normalized spacial score (nSPS) is 12.2. The Labute approximate surface area is 131 Å². The fraction of sp³-hybridized carbons (Fsp3) is 0.278. The highest BCUT2D eigenvalue weighted by Crippen LogP contribution is 2.28. The van der Waals surface area contributed by atoms with Crippen LogP contribution in [0.4, 0.5) is 0 Å². The minimum atomic E-state index is -0.489. The lowest BCUT2D eigenvalue weighted by Crippen LogP contribution is -2.16. The van der Waals surface area contributed by atoms with Crippen molar-refractivity contribution in [1.82, 2.24) is 4.90 Å². The third-order valence-corrected chi connectivity index (χ3v) is 3.97. The molecule has 0 aliphatic heterocycles. The monoisotopic (exact) mass is 298 g/mol. The Balaban J connectivity index is 2.36. The van der Waals surface area contributed by atoms with Gasteiger partial charge in [0.15, 0.2) is 0 Å². The van der Waals surface area contributed by atoms with Crippen LogP contribution in [0.3, 0.4) is 0 Å². The molecule has 1 unspecified atom stereocenters. The van der Waals surface area contributed by atoms with Crippen LogP contribution in [-0.2, 0) is 0 Å². The number of primary amides is 1. The summed E-state index contributed by atoms with van der Waals surface area (Å²) in [4.78, 5) is 13.7. The van der Waals surface area contributed by atoms with Gasteiger partial charge < -0.3 is 15.4 Å². The third kappa shape index (κ3) is 3.28. The molecule has 2 rings (SSSR count). The molecular weight excluding hydrogens is 276 g/mol. The molecule has 0 radical (unpaired) electrons. The molecule has 0 saturated heterocycles. The van der Waals surface area contributed by atoms with Gasteiger partial charge in [-0.1, -0.05) is 30.3 Å². The van der Waals surface area contributed by atoms with Gasteiger partial charge in [-0.3, -0.25) is 4.79 Å². The number of nitrogens with zero attached hydrogens (tertiary/aromatic N) is 1. The Morgan fingerprint density at radius 2 is 1.68 bits per heavy atom. The zero-order chi connectivity index (χ0) is 16.3. The third-order valence-electron chi connectivity index (χ3n) is 3.97. The van der Waals surface area contributed by atoms with E-state index in [1.54, 1.807) is 12.1 Å². The standard InChI is InChI=1S/C18H22N2O2/c1-12(20(2)3)13-5-7-14(8-6-13)15-9-10-17(22-4)16(11-15)18(19)21/h5-12H,1-4H3,(H2,19,21). The number of carbonyl (C=O) groups is 1. The highest BCUT2D eigenvalue weighted by atomic mass is 16.5. The van der Waals surface area contributed by atoms with Crippen LogP contribution in [0.25, 0.3) is 11.1 Å². The van der Waals surface area contributed by atoms with Crippen molar-refractivity contribution in [2.45, 2.75) is 13.0 Å². The van der Waals surface area contributed by atoms with Gasteiger partial charge in [0.25, 0.3) is 5.91 Å². The van der Waals surface area contributed by atoms with Gasteiger partial charge >= 0.3 is 0 Å². The lowest BCUT2D eigenvalue weighted by molar-refractivity contribution is 0.0997. The zero-order valence-electron chi connectivity index (χ0n) is 13.5. The average Bonchev–Trinajstić information content (AvgIpc) is 2.53. The van der Waals surface area contributed by atoms with Crippen molar-refractivity contribution in [3.8, 4) is 16.9 Å². The van der Waals surface area contributed by atoms with Crippen LogP contribution in [-0.4, -0.2) is 32.0 Å². The first kappa shape index (κ1) is 16.0. The summed E-state index contributed by atoms with van der Waals surface area (Å²) in [6.07, 6.45) is 0. The van der Waals surface area contributed by atoms with Crippen molar-refractivity contribution in [3.05, 3.63) is 53.6 Å². The predicted octanol–water partition coefficient (Wildman–Crippen LogP) is 3.08. The maximum absolute atomic E-state index is 11.5. The maximum atomic E-state index is 11.5. The number of hydrogen-bond donors (Lipinski definition) is 1. The number of benzene rings is 2.